The summed E-state index contributed by atoms with van der Waals surface area (Å²) in [4.78, 5) is 25.9. The van der Waals surface area contributed by atoms with Crippen LogP contribution in [-0.2, 0) is 19.1 Å². The van der Waals surface area contributed by atoms with Crippen molar-refractivity contribution in [3.63, 3.8) is 0 Å². The first kappa shape index (κ1) is 34.0. The summed E-state index contributed by atoms with van der Waals surface area (Å²) in [7, 11) is 0.967. The summed E-state index contributed by atoms with van der Waals surface area (Å²) in [6, 6.07) is 15.3. The standard InChI is InChI=1S/C31H36ClF3N2O6/c1-20-25(26(23-14-8-9-15-24(23)32)27(29(39)41-2)28(37-20)31(33,34)35)30(40)42-17-11-4-3-10-16-36-18-21(38)19-43-22-12-6-5-7-13-22/h5-9,12-15,21,26,36-38H,3-4,10-11,16-19H2,1-2H3. The monoisotopic (exact) mass is 624 g/mol. The zero-order valence-corrected chi connectivity index (χ0v) is 24.8. The quantitative estimate of drug-likeness (QED) is 0.178. The Hall–Kier alpha value is -3.54. The maximum atomic E-state index is 14.0. The number of unbranched alkanes of at least 4 members (excludes halogenated alkanes) is 3. The number of halogens is 4. The van der Waals surface area contributed by atoms with E-state index in [1.54, 1.807) is 12.1 Å². The number of rotatable bonds is 15. The molecule has 0 amide bonds. The molecule has 2 aromatic carbocycles. The highest BCUT2D eigenvalue weighted by Gasteiger charge is 2.47. The van der Waals surface area contributed by atoms with Gasteiger partial charge in [0.05, 0.1) is 30.8 Å². The number of methoxy groups -OCH3 is 1. The number of esters is 2. The van der Waals surface area contributed by atoms with E-state index >= 15 is 0 Å². The van der Waals surface area contributed by atoms with Crippen molar-refractivity contribution in [1.29, 1.82) is 0 Å². The predicted molar refractivity (Wildman–Crippen MR) is 155 cm³/mol. The lowest BCUT2D eigenvalue weighted by atomic mass is 9.80. The highest BCUT2D eigenvalue weighted by atomic mass is 35.5. The summed E-state index contributed by atoms with van der Waals surface area (Å²) in [5.74, 6) is -2.86. The third kappa shape index (κ3) is 9.74. The second-order valence-electron chi connectivity index (χ2n) is 9.93. The topological polar surface area (TPSA) is 106 Å². The summed E-state index contributed by atoms with van der Waals surface area (Å²) in [5.41, 5.74) is -2.20. The molecular weight excluding hydrogens is 589 g/mol. The van der Waals surface area contributed by atoms with Gasteiger partial charge in [0.2, 0.25) is 0 Å². The molecule has 0 saturated carbocycles. The smallest absolute Gasteiger partial charge is 0.431 e. The van der Waals surface area contributed by atoms with Crippen molar-refractivity contribution in [3.8, 4) is 5.75 Å². The highest BCUT2D eigenvalue weighted by molar-refractivity contribution is 6.31. The van der Waals surface area contributed by atoms with Gasteiger partial charge in [-0.15, -0.1) is 0 Å². The average Bonchev–Trinajstić information content (AvgIpc) is 2.98. The average molecular weight is 625 g/mol. The van der Waals surface area contributed by atoms with Gasteiger partial charge in [-0.05, 0) is 50.1 Å². The van der Waals surface area contributed by atoms with Crippen LogP contribution in [0.1, 0.15) is 44.1 Å². The van der Waals surface area contributed by atoms with Crippen molar-refractivity contribution >= 4 is 23.5 Å². The van der Waals surface area contributed by atoms with Crippen molar-refractivity contribution in [2.75, 3.05) is 33.4 Å². The van der Waals surface area contributed by atoms with E-state index < -0.39 is 41.4 Å². The number of nitrogens with one attached hydrogen (secondary N) is 2. The number of carbonyl (C=O) groups excluding carboxylic acids is 2. The molecule has 1 heterocycles. The van der Waals surface area contributed by atoms with Crippen molar-refractivity contribution in [2.24, 2.45) is 0 Å². The second-order valence-corrected chi connectivity index (χ2v) is 10.3. The van der Waals surface area contributed by atoms with Gasteiger partial charge in [0, 0.05) is 17.3 Å². The molecule has 2 atom stereocenters. The lowest BCUT2D eigenvalue weighted by molar-refractivity contribution is -0.140. The lowest BCUT2D eigenvalue weighted by Crippen LogP contribution is -2.38. The largest absolute Gasteiger partial charge is 0.491 e. The zero-order chi connectivity index (χ0) is 31.4. The van der Waals surface area contributed by atoms with Crippen LogP contribution in [0.25, 0.3) is 0 Å². The molecule has 3 N–H and O–H groups in total. The van der Waals surface area contributed by atoms with Crippen LogP contribution in [0, 0.1) is 0 Å². The van der Waals surface area contributed by atoms with Gasteiger partial charge in [-0.3, -0.25) is 0 Å². The Morgan fingerprint density at radius 1 is 1.00 bits per heavy atom. The molecule has 2 unspecified atom stereocenters. The normalized spacial score (nSPS) is 16.0. The fourth-order valence-electron chi connectivity index (χ4n) is 4.66. The van der Waals surface area contributed by atoms with Crippen LogP contribution < -0.4 is 15.4 Å². The molecular formula is C31H36ClF3N2O6. The molecule has 3 rings (SSSR count). The van der Waals surface area contributed by atoms with Gasteiger partial charge < -0.3 is 30.0 Å². The number of allylic oxidation sites excluding steroid dienone is 2. The van der Waals surface area contributed by atoms with Gasteiger partial charge in [-0.25, -0.2) is 9.59 Å². The van der Waals surface area contributed by atoms with Gasteiger partial charge in [-0.1, -0.05) is 60.8 Å². The minimum Gasteiger partial charge on any atom is -0.491 e. The van der Waals surface area contributed by atoms with Gasteiger partial charge >= 0.3 is 18.1 Å². The van der Waals surface area contributed by atoms with Crippen LogP contribution in [0.2, 0.25) is 5.02 Å². The molecule has 2 aromatic rings. The predicted octanol–water partition coefficient (Wildman–Crippen LogP) is 5.42. The molecule has 0 fully saturated rings. The Bertz CT molecular complexity index is 1300. The van der Waals surface area contributed by atoms with Gasteiger partial charge in [0.1, 0.15) is 24.2 Å². The van der Waals surface area contributed by atoms with E-state index in [0.717, 1.165) is 26.4 Å². The van der Waals surface area contributed by atoms with Crippen LogP contribution in [0.15, 0.2) is 77.1 Å². The van der Waals surface area contributed by atoms with Crippen molar-refractivity contribution < 1.29 is 42.1 Å². The maximum Gasteiger partial charge on any atom is 0.431 e. The molecule has 234 valence electrons. The molecule has 1 aliphatic heterocycles. The summed E-state index contributed by atoms with van der Waals surface area (Å²) >= 11 is 6.33. The van der Waals surface area contributed by atoms with Crippen molar-refractivity contribution in [1.82, 2.24) is 10.6 Å². The Balaban J connectivity index is 1.51. The van der Waals surface area contributed by atoms with E-state index in [2.05, 4.69) is 15.4 Å². The minimum absolute atomic E-state index is 0.0389. The van der Waals surface area contributed by atoms with Crippen LogP contribution in [0.4, 0.5) is 13.2 Å². The van der Waals surface area contributed by atoms with E-state index in [0.29, 0.717) is 25.3 Å². The van der Waals surface area contributed by atoms with Crippen LogP contribution >= 0.6 is 11.6 Å². The molecule has 0 saturated heterocycles. The van der Waals surface area contributed by atoms with Crippen LogP contribution in [0.5, 0.6) is 5.75 Å². The number of carbonyl (C=O) groups is 2. The third-order valence-electron chi connectivity index (χ3n) is 6.73. The number of aliphatic hydroxyl groups is 1. The number of dihydropyridines is 1. The van der Waals surface area contributed by atoms with Crippen LogP contribution in [0.3, 0.4) is 0 Å². The number of hydrogen-bond donors (Lipinski definition) is 3. The molecule has 0 bridgehead atoms. The molecule has 0 spiro atoms. The first-order valence-corrected chi connectivity index (χ1v) is 14.3. The Kier molecular flexibility index (Phi) is 12.9. The molecule has 1 aliphatic rings. The van der Waals surface area contributed by atoms with Gasteiger partial charge in [0.15, 0.2) is 0 Å². The van der Waals surface area contributed by atoms with E-state index in [9.17, 15) is 27.9 Å². The molecule has 0 radical (unpaired) electrons. The Morgan fingerprint density at radius 3 is 2.35 bits per heavy atom. The highest BCUT2D eigenvalue weighted by Crippen LogP contribution is 2.45. The van der Waals surface area contributed by atoms with E-state index in [4.69, 9.17) is 21.1 Å². The van der Waals surface area contributed by atoms with Crippen molar-refractivity contribution in [3.05, 3.63) is 87.7 Å². The summed E-state index contributed by atoms with van der Waals surface area (Å²) < 4.78 is 57.6. The minimum atomic E-state index is -4.93. The molecule has 8 nitrogen and oxygen atoms in total. The number of para-hydroxylation sites is 1. The number of alkyl halides is 3. The first-order valence-electron chi connectivity index (χ1n) is 13.9. The third-order valence-corrected chi connectivity index (χ3v) is 7.08. The molecule has 43 heavy (non-hydrogen) atoms. The fourth-order valence-corrected chi connectivity index (χ4v) is 4.90. The summed E-state index contributed by atoms with van der Waals surface area (Å²) in [6.45, 7) is 2.61. The SMILES string of the molecule is COC(=O)C1=C(C(F)(F)F)NC(C)=C(C(=O)OCCCCCCNCC(O)COc2ccccc2)C1c1ccccc1Cl. The van der Waals surface area contributed by atoms with Gasteiger partial charge in [0.25, 0.3) is 0 Å². The number of hydrogen-bond acceptors (Lipinski definition) is 8. The fraction of sp³-hybridized carbons (Fsp3) is 0.419. The van der Waals surface area contributed by atoms with E-state index in [1.165, 1.54) is 19.1 Å². The Morgan fingerprint density at radius 2 is 1.67 bits per heavy atom. The van der Waals surface area contributed by atoms with Crippen LogP contribution in [-0.4, -0.2) is 62.7 Å². The summed E-state index contributed by atoms with van der Waals surface area (Å²) in [6.07, 6.45) is -2.65. The molecule has 0 aliphatic carbocycles. The maximum absolute atomic E-state index is 14.0. The summed E-state index contributed by atoms with van der Waals surface area (Å²) in [5, 5.41) is 15.5. The van der Waals surface area contributed by atoms with Gasteiger partial charge in [-0.2, -0.15) is 13.2 Å². The lowest BCUT2D eigenvalue weighted by Gasteiger charge is -2.32. The number of benzene rings is 2. The number of aliphatic hydroxyl groups excluding tert-OH is 1. The second kappa shape index (κ2) is 16.3. The van der Waals surface area contributed by atoms with Crippen molar-refractivity contribution in [2.45, 2.75) is 50.8 Å². The molecule has 12 heteroatoms. The van der Waals surface area contributed by atoms with E-state index in [-0.39, 0.29) is 35.1 Å². The van der Waals surface area contributed by atoms with E-state index in [1.807, 2.05) is 30.3 Å². The Labute approximate surface area is 253 Å². The molecule has 0 aromatic heterocycles. The number of ether oxygens (including phenoxy) is 3. The zero-order valence-electron chi connectivity index (χ0n) is 24.0. The first-order chi connectivity index (χ1) is 20.5.